The Bertz CT molecular complexity index is 774. The van der Waals surface area contributed by atoms with Crippen molar-refractivity contribution in [1.29, 1.82) is 0 Å². The maximum atomic E-state index is 13.3. The van der Waals surface area contributed by atoms with Gasteiger partial charge in [-0.15, -0.1) is 0 Å². The second-order valence-corrected chi connectivity index (χ2v) is 7.56. The van der Waals surface area contributed by atoms with E-state index in [-0.39, 0.29) is 23.5 Å². The number of aryl methyl sites for hydroxylation is 2. The van der Waals surface area contributed by atoms with Crippen LogP contribution in [0.2, 0.25) is 0 Å². The summed E-state index contributed by atoms with van der Waals surface area (Å²) in [5.41, 5.74) is 1.15. The molecular weight excluding hydrogens is 322 g/mol. The van der Waals surface area contributed by atoms with Crippen LogP contribution < -0.4 is 0 Å². The number of likely N-dealkylation sites (tertiary alicyclic amines) is 1. The van der Waals surface area contributed by atoms with E-state index in [0.717, 1.165) is 5.69 Å². The van der Waals surface area contributed by atoms with Gasteiger partial charge < -0.3 is 14.2 Å². The summed E-state index contributed by atoms with van der Waals surface area (Å²) in [6.07, 6.45) is 2.35. The number of methoxy groups -OCH3 is 1. The van der Waals surface area contributed by atoms with E-state index in [1.54, 1.807) is 29.8 Å². The molecule has 136 valence electrons. The largest absolute Gasteiger partial charge is 0.380 e. The molecule has 3 rings (SSSR count). The maximum absolute atomic E-state index is 13.3. The number of carbonyl (C=O) groups is 1. The highest BCUT2D eigenvalue weighted by atomic mass is 16.5. The third-order valence-electron chi connectivity index (χ3n) is 4.45. The fourth-order valence-corrected chi connectivity index (χ4v) is 3.23. The molecule has 2 aromatic rings. The second-order valence-electron chi connectivity index (χ2n) is 7.56. The van der Waals surface area contributed by atoms with Crippen molar-refractivity contribution in [2.45, 2.75) is 51.7 Å². The van der Waals surface area contributed by atoms with Crippen molar-refractivity contribution in [3.63, 3.8) is 0 Å². The van der Waals surface area contributed by atoms with Gasteiger partial charge in [0.1, 0.15) is 6.04 Å². The van der Waals surface area contributed by atoms with E-state index in [1.165, 1.54) is 0 Å². The van der Waals surface area contributed by atoms with Crippen LogP contribution in [0.4, 0.5) is 0 Å². The third-order valence-corrected chi connectivity index (χ3v) is 4.45. The van der Waals surface area contributed by atoms with E-state index in [9.17, 15) is 4.79 Å². The van der Waals surface area contributed by atoms with Crippen molar-refractivity contribution in [2.75, 3.05) is 13.7 Å². The minimum atomic E-state index is -0.285. The van der Waals surface area contributed by atoms with Crippen molar-refractivity contribution in [1.82, 2.24) is 24.8 Å². The molecule has 0 bridgehead atoms. The Morgan fingerprint density at radius 1 is 1.40 bits per heavy atom. The standard InChI is InChI=1S/C17H25N5O3/c1-10-18-15(25-20-10)13-7-11(24-6)8-22(13)16(23)12-9-21(5)19-14(12)17(2,3)4/h9,11,13H,7-8H2,1-6H3/t11-,13-/m1/s1. The molecule has 0 saturated carbocycles. The molecule has 0 radical (unpaired) electrons. The van der Waals surface area contributed by atoms with Crippen LogP contribution in [0.5, 0.6) is 0 Å². The van der Waals surface area contributed by atoms with Gasteiger partial charge in [0.15, 0.2) is 5.82 Å². The van der Waals surface area contributed by atoms with Crippen molar-refractivity contribution in [3.8, 4) is 0 Å². The summed E-state index contributed by atoms with van der Waals surface area (Å²) in [5.74, 6) is 0.921. The molecule has 3 heterocycles. The second kappa shape index (κ2) is 6.25. The number of nitrogens with zero attached hydrogens (tertiary/aromatic N) is 5. The highest BCUT2D eigenvalue weighted by Crippen LogP contribution is 2.35. The fraction of sp³-hybridized carbons (Fsp3) is 0.647. The fourth-order valence-electron chi connectivity index (χ4n) is 3.23. The Labute approximate surface area is 147 Å². The number of rotatable bonds is 3. The summed E-state index contributed by atoms with van der Waals surface area (Å²) in [4.78, 5) is 19.4. The summed E-state index contributed by atoms with van der Waals surface area (Å²) >= 11 is 0. The van der Waals surface area contributed by atoms with Gasteiger partial charge in [-0.25, -0.2) is 0 Å². The molecule has 0 N–H and O–H groups in total. The molecule has 1 saturated heterocycles. The van der Waals surface area contributed by atoms with Gasteiger partial charge in [-0.2, -0.15) is 10.1 Å². The SMILES string of the molecule is CO[C@@H]1C[C@H](c2nc(C)no2)N(C(=O)c2cn(C)nc2C(C)(C)C)C1. The predicted octanol–water partition coefficient (Wildman–Crippen LogP) is 2.01. The summed E-state index contributed by atoms with van der Waals surface area (Å²) in [7, 11) is 3.48. The minimum Gasteiger partial charge on any atom is -0.380 e. The molecule has 1 fully saturated rings. The van der Waals surface area contributed by atoms with Crippen LogP contribution in [0, 0.1) is 6.92 Å². The molecule has 1 amide bonds. The normalized spacial score (nSPS) is 21.1. The van der Waals surface area contributed by atoms with Crippen LogP contribution in [0.1, 0.15) is 61.0 Å². The van der Waals surface area contributed by atoms with Gasteiger partial charge >= 0.3 is 0 Å². The maximum Gasteiger partial charge on any atom is 0.258 e. The summed E-state index contributed by atoms with van der Waals surface area (Å²) in [6.45, 7) is 8.40. The predicted molar refractivity (Wildman–Crippen MR) is 90.1 cm³/mol. The average molecular weight is 347 g/mol. The molecule has 0 unspecified atom stereocenters. The Kier molecular flexibility index (Phi) is 4.40. The highest BCUT2D eigenvalue weighted by Gasteiger charge is 2.41. The van der Waals surface area contributed by atoms with E-state index in [2.05, 4.69) is 15.2 Å². The first-order chi connectivity index (χ1) is 11.7. The zero-order valence-corrected chi connectivity index (χ0v) is 15.6. The number of hydrogen-bond acceptors (Lipinski definition) is 6. The van der Waals surface area contributed by atoms with E-state index in [0.29, 0.717) is 30.2 Å². The quantitative estimate of drug-likeness (QED) is 0.844. The van der Waals surface area contributed by atoms with Crippen LogP contribution in [-0.4, -0.2) is 50.5 Å². The molecule has 1 aliphatic heterocycles. The Balaban J connectivity index is 1.97. The van der Waals surface area contributed by atoms with Gasteiger partial charge in [0.05, 0.1) is 17.4 Å². The molecule has 8 heteroatoms. The Hall–Kier alpha value is -2.22. The van der Waals surface area contributed by atoms with Gasteiger partial charge in [0.25, 0.3) is 5.91 Å². The topological polar surface area (TPSA) is 86.3 Å². The first kappa shape index (κ1) is 17.6. The van der Waals surface area contributed by atoms with E-state index in [4.69, 9.17) is 9.26 Å². The van der Waals surface area contributed by atoms with Crippen LogP contribution in [0.25, 0.3) is 0 Å². The minimum absolute atomic E-state index is 0.0593. The smallest absolute Gasteiger partial charge is 0.258 e. The summed E-state index contributed by atoms with van der Waals surface area (Å²) in [5, 5.41) is 8.36. The number of aromatic nitrogens is 4. The van der Waals surface area contributed by atoms with Crippen molar-refractivity contribution < 1.29 is 14.1 Å². The number of carbonyl (C=O) groups excluding carboxylic acids is 1. The number of hydrogen-bond donors (Lipinski definition) is 0. The summed E-state index contributed by atoms with van der Waals surface area (Å²) < 4.78 is 12.5. The van der Waals surface area contributed by atoms with Gasteiger partial charge in [0.2, 0.25) is 5.89 Å². The lowest BCUT2D eigenvalue weighted by atomic mass is 9.89. The lowest BCUT2D eigenvalue weighted by Crippen LogP contribution is -2.33. The number of amides is 1. The van der Waals surface area contributed by atoms with Gasteiger partial charge in [-0.05, 0) is 6.92 Å². The van der Waals surface area contributed by atoms with Crippen LogP contribution >= 0.6 is 0 Å². The number of ether oxygens (including phenoxy) is 1. The molecule has 1 aliphatic rings. The zero-order chi connectivity index (χ0) is 18.4. The van der Waals surface area contributed by atoms with Crippen molar-refractivity contribution in [3.05, 3.63) is 29.2 Å². The first-order valence-corrected chi connectivity index (χ1v) is 8.38. The van der Waals surface area contributed by atoms with Crippen LogP contribution in [0.3, 0.4) is 0 Å². The monoisotopic (exact) mass is 347 g/mol. The molecule has 0 spiro atoms. The van der Waals surface area contributed by atoms with Crippen molar-refractivity contribution in [2.24, 2.45) is 7.05 Å². The first-order valence-electron chi connectivity index (χ1n) is 8.38. The van der Waals surface area contributed by atoms with Gasteiger partial charge in [0, 0.05) is 38.7 Å². The molecule has 0 aromatic carbocycles. The zero-order valence-electron chi connectivity index (χ0n) is 15.6. The molecule has 8 nitrogen and oxygen atoms in total. The lowest BCUT2D eigenvalue weighted by molar-refractivity contribution is 0.0668. The Morgan fingerprint density at radius 3 is 2.68 bits per heavy atom. The average Bonchev–Trinajstić information content (AvgIpc) is 3.22. The van der Waals surface area contributed by atoms with Gasteiger partial charge in [-0.3, -0.25) is 9.48 Å². The lowest BCUT2D eigenvalue weighted by Gasteiger charge is -2.23. The summed E-state index contributed by atoms with van der Waals surface area (Å²) in [6, 6.07) is -0.285. The van der Waals surface area contributed by atoms with Crippen LogP contribution in [-0.2, 0) is 17.2 Å². The van der Waals surface area contributed by atoms with Crippen molar-refractivity contribution >= 4 is 5.91 Å². The highest BCUT2D eigenvalue weighted by molar-refractivity contribution is 5.96. The molecule has 2 atom stereocenters. The van der Waals surface area contributed by atoms with Crippen LogP contribution in [0.15, 0.2) is 10.7 Å². The van der Waals surface area contributed by atoms with E-state index in [1.807, 2.05) is 27.8 Å². The van der Waals surface area contributed by atoms with E-state index >= 15 is 0 Å². The van der Waals surface area contributed by atoms with Gasteiger partial charge in [-0.1, -0.05) is 25.9 Å². The Morgan fingerprint density at radius 2 is 2.12 bits per heavy atom. The molecule has 25 heavy (non-hydrogen) atoms. The molecule has 0 aliphatic carbocycles. The third kappa shape index (κ3) is 3.30. The molecule has 2 aromatic heterocycles. The molecular formula is C17H25N5O3. The van der Waals surface area contributed by atoms with E-state index < -0.39 is 0 Å².